The number of hydrogen-bond donors (Lipinski definition) is 8. The van der Waals surface area contributed by atoms with Crippen molar-refractivity contribution in [3.05, 3.63) is 64.7 Å². The van der Waals surface area contributed by atoms with Gasteiger partial charge in [0.15, 0.2) is 18.0 Å². The fourth-order valence-electron chi connectivity index (χ4n) is 9.58. The minimum atomic E-state index is -2.04. The summed E-state index contributed by atoms with van der Waals surface area (Å²) in [4.78, 5) is 65.7. The topological polar surface area (TPSA) is 307 Å². The van der Waals surface area contributed by atoms with E-state index in [1.165, 1.54) is 70.4 Å². The number of amides is 2. The third kappa shape index (κ3) is 11.1. The van der Waals surface area contributed by atoms with Crippen LogP contribution in [0.4, 0.5) is 5.69 Å². The van der Waals surface area contributed by atoms with Gasteiger partial charge in [-0.2, -0.15) is 5.10 Å². The Morgan fingerprint density at radius 2 is 1.62 bits per heavy atom. The number of rotatable bonds is 6. The van der Waals surface area contributed by atoms with Crippen molar-refractivity contribution in [3.63, 3.8) is 0 Å². The van der Waals surface area contributed by atoms with Gasteiger partial charge >= 0.3 is 17.7 Å². The Morgan fingerprint density at radius 1 is 0.945 bits per heavy atom. The zero-order valence-electron chi connectivity index (χ0n) is 42.6. The molecule has 0 saturated carbocycles. The second-order valence-corrected chi connectivity index (χ2v) is 19.2. The van der Waals surface area contributed by atoms with Crippen LogP contribution in [0.3, 0.4) is 0 Å². The fourth-order valence-corrected chi connectivity index (χ4v) is 9.58. The minimum absolute atomic E-state index is 0.0559. The number of likely N-dealkylation sites (N-methyl/N-ethyl adjacent to an activating group) is 1. The number of ether oxygens (including phenoxy) is 5. The van der Waals surface area contributed by atoms with Gasteiger partial charge in [-0.05, 0) is 33.0 Å². The SMILES string of the molecule is CO[C@H]1/C=C/O[C@@]2(C)Oc3c(C)c(O)c4c(O)c(c(/C=N/N5CCN(C)CC5)c(O)c4c3C2=O)NC(=O)/C(C)=C\C=C\[C@H](C)[C@H](O)[C@@H](C)[C@@H](O)[C@@H](C)[C@H](OC(C)=O)[C@@H]1C.O=C(O)C1C(=CCO)OC2CC(=O)N21. The molecule has 22 nitrogen and oxygen atoms in total. The number of carbonyl (C=O) groups excluding carboxylic acids is 4. The van der Waals surface area contributed by atoms with Crippen molar-refractivity contribution in [3.8, 4) is 23.0 Å². The lowest BCUT2D eigenvalue weighted by Crippen LogP contribution is -2.54. The van der Waals surface area contributed by atoms with Gasteiger partial charge in [0.05, 0.1) is 66.0 Å². The van der Waals surface area contributed by atoms with Crippen LogP contribution in [0, 0.1) is 30.6 Å². The number of aromatic hydroxyl groups is 3. The molecule has 0 radical (unpaired) electrons. The highest BCUT2D eigenvalue weighted by atomic mass is 16.7. The normalized spacial score (nSPS) is 32.2. The van der Waals surface area contributed by atoms with Crippen molar-refractivity contribution < 1.29 is 83.4 Å². The molecule has 5 bridgehead atoms. The van der Waals surface area contributed by atoms with Gasteiger partial charge in [-0.3, -0.25) is 29.1 Å². The van der Waals surface area contributed by atoms with Crippen LogP contribution in [0.5, 0.6) is 23.0 Å². The zero-order chi connectivity index (χ0) is 54.0. The van der Waals surface area contributed by atoms with E-state index in [4.69, 9.17) is 33.9 Å². The van der Waals surface area contributed by atoms with E-state index in [-0.39, 0.29) is 69.2 Å². The molecular formula is C51H67N5O17. The van der Waals surface area contributed by atoms with Crippen molar-refractivity contribution in [1.29, 1.82) is 0 Å². The van der Waals surface area contributed by atoms with Gasteiger partial charge < -0.3 is 69.6 Å². The second-order valence-electron chi connectivity index (χ2n) is 19.2. The molecule has 6 aliphatic heterocycles. The van der Waals surface area contributed by atoms with Crippen molar-refractivity contribution in [1.82, 2.24) is 14.8 Å². The quantitative estimate of drug-likeness (QED) is 0.0677. The first-order valence-electron chi connectivity index (χ1n) is 24.0. The molecule has 0 spiro atoms. The van der Waals surface area contributed by atoms with Gasteiger partial charge in [0.25, 0.3) is 11.7 Å². The highest BCUT2D eigenvalue weighted by molar-refractivity contribution is 6.24. The fraction of sp³-hybridized carbons (Fsp3) is 0.529. The van der Waals surface area contributed by atoms with Crippen LogP contribution in [0.1, 0.15) is 76.4 Å². The molecule has 73 heavy (non-hydrogen) atoms. The van der Waals surface area contributed by atoms with Gasteiger partial charge in [-0.25, -0.2) is 4.79 Å². The number of anilines is 1. The summed E-state index contributed by atoms with van der Waals surface area (Å²) in [6.07, 6.45) is 5.89. The molecule has 11 atom stereocenters. The maximum atomic E-state index is 14.4. The lowest BCUT2D eigenvalue weighted by molar-refractivity contribution is -0.163. The number of nitrogens with one attached hydrogen (secondary N) is 1. The number of aliphatic carboxylic acids is 1. The number of carbonyl (C=O) groups is 5. The second kappa shape index (κ2) is 22.6. The zero-order valence-corrected chi connectivity index (χ0v) is 42.6. The van der Waals surface area contributed by atoms with Crippen LogP contribution in [0.25, 0.3) is 10.8 Å². The van der Waals surface area contributed by atoms with Gasteiger partial charge in [0, 0.05) is 87.3 Å². The highest BCUT2D eigenvalue weighted by Gasteiger charge is 2.54. The summed E-state index contributed by atoms with van der Waals surface area (Å²) in [5.41, 5.74) is -0.350. The van der Waals surface area contributed by atoms with E-state index in [1.807, 2.05) is 7.05 Å². The molecular weight excluding hydrogens is 955 g/mol. The first kappa shape index (κ1) is 55.6. The van der Waals surface area contributed by atoms with E-state index >= 15 is 0 Å². The lowest BCUT2D eigenvalue weighted by Gasteiger charge is -2.38. The molecule has 8 N–H and O–H groups in total. The first-order valence-corrected chi connectivity index (χ1v) is 24.0. The average molecular weight is 1020 g/mol. The van der Waals surface area contributed by atoms with Crippen LogP contribution in [-0.4, -0.2) is 176 Å². The van der Waals surface area contributed by atoms with E-state index in [0.29, 0.717) is 13.1 Å². The number of phenols is 3. The van der Waals surface area contributed by atoms with Crippen molar-refractivity contribution in [2.45, 2.75) is 104 Å². The summed E-state index contributed by atoms with van der Waals surface area (Å²) in [6.45, 7) is 14.8. The Kier molecular flexibility index (Phi) is 17.2. The molecule has 2 aromatic rings. The number of phenolic OH excluding ortho intramolecular Hbond substituents is 3. The van der Waals surface area contributed by atoms with Crippen LogP contribution >= 0.6 is 0 Å². The number of fused-ring (bicyclic) bond motifs is 15. The van der Waals surface area contributed by atoms with E-state index in [1.54, 1.807) is 44.9 Å². The summed E-state index contributed by atoms with van der Waals surface area (Å²) < 4.78 is 28.8. The number of β-lactam (4-membered cyclic amide) rings is 1. The molecule has 2 aromatic carbocycles. The number of nitrogens with zero attached hydrogens (tertiary/aromatic N) is 4. The molecule has 3 saturated heterocycles. The van der Waals surface area contributed by atoms with Gasteiger partial charge in [0.2, 0.25) is 5.91 Å². The van der Waals surface area contributed by atoms with Crippen LogP contribution in [-0.2, 0) is 38.1 Å². The Bertz CT molecular complexity index is 2640. The van der Waals surface area contributed by atoms with Crippen LogP contribution in [0.15, 0.2) is 53.1 Å². The predicted molar refractivity (Wildman–Crippen MR) is 263 cm³/mol. The van der Waals surface area contributed by atoms with Crippen LogP contribution < -0.4 is 10.1 Å². The Balaban J connectivity index is 0.000000530. The van der Waals surface area contributed by atoms with Crippen molar-refractivity contribution in [2.75, 3.05) is 52.3 Å². The number of Topliss-reactive ketones (excluding diaryl/α,β-unsaturated/α-hetero) is 1. The minimum Gasteiger partial charge on any atom is -0.507 e. The van der Waals surface area contributed by atoms with Crippen molar-refractivity contribution >= 4 is 52.2 Å². The number of esters is 1. The standard InChI is InChI=1S/C43H58N4O12.C8H9NO5/c1-21-12-11-13-22(2)42(55)45-33-28(20-44-47-17-15-46(9)16-18-47)37(52)30-31(38(33)53)36(51)26(6)40-32(30)41(54)43(8,59-40)57-19-14-29(56-10)23(3)39(58-27(7)48)25(5)35(50)24(4)34(21)49;10-2-1-4-7(8(12)13)9-5(11)3-6(9)14-4/h11-14,19-21,23-25,29,34-35,39,49-53H,15-18H2,1-10H3,(H,45,55);1,6-7,10H,2-3H2,(H,12,13)/b12-11+,19-14+,22-13-,44-20+;/t21-,23+,24+,25+,29-,34-,35+,39+,43-;/m0./s1. The summed E-state index contributed by atoms with van der Waals surface area (Å²) in [5, 5.41) is 84.3. The van der Waals surface area contributed by atoms with Crippen LogP contribution in [0.2, 0.25) is 0 Å². The number of benzene rings is 2. The summed E-state index contributed by atoms with van der Waals surface area (Å²) in [7, 11) is 3.42. The number of hydrazone groups is 1. The maximum Gasteiger partial charge on any atom is 0.334 e. The summed E-state index contributed by atoms with van der Waals surface area (Å²) in [6, 6.07) is -1.06. The molecule has 3 fully saturated rings. The number of piperazine rings is 1. The molecule has 2 unspecified atom stereocenters. The molecule has 6 aliphatic rings. The van der Waals surface area contributed by atoms with Gasteiger partial charge in [-0.1, -0.05) is 45.9 Å². The largest absolute Gasteiger partial charge is 0.507 e. The maximum absolute atomic E-state index is 14.4. The molecule has 0 aromatic heterocycles. The molecule has 2 amide bonds. The van der Waals surface area contributed by atoms with Gasteiger partial charge in [0.1, 0.15) is 29.1 Å². The molecule has 8 rings (SSSR count). The lowest BCUT2D eigenvalue weighted by atomic mass is 9.78. The smallest absolute Gasteiger partial charge is 0.334 e. The highest BCUT2D eigenvalue weighted by Crippen LogP contribution is 2.55. The van der Waals surface area contributed by atoms with E-state index in [9.17, 15) is 49.5 Å². The number of allylic oxidation sites excluding steroid dienone is 2. The Morgan fingerprint density at radius 3 is 2.22 bits per heavy atom. The molecule has 6 heterocycles. The number of hydrogen-bond acceptors (Lipinski definition) is 19. The number of aliphatic hydroxyl groups is 3. The monoisotopic (exact) mass is 1020 g/mol. The Hall–Kier alpha value is -6.72. The number of carboxylic acid groups (broad SMARTS) is 1. The third-order valence-corrected chi connectivity index (χ3v) is 14.2. The molecule has 398 valence electrons. The van der Waals surface area contributed by atoms with E-state index in [0.717, 1.165) is 13.1 Å². The Labute approximate surface area is 422 Å². The average Bonchev–Trinajstić information content (AvgIpc) is 3.79. The van der Waals surface area contributed by atoms with E-state index < -0.39 is 107 Å². The van der Waals surface area contributed by atoms with E-state index in [2.05, 4.69) is 15.3 Å². The summed E-state index contributed by atoms with van der Waals surface area (Å²) in [5.74, 6) is -9.57. The number of aliphatic hydroxyl groups excluding tert-OH is 3. The first-order chi connectivity index (χ1) is 34.4. The van der Waals surface area contributed by atoms with Gasteiger partial charge in [-0.15, -0.1) is 0 Å². The number of methoxy groups -OCH3 is 1. The number of ketones is 1. The van der Waals surface area contributed by atoms with Crippen molar-refractivity contribution in [2.24, 2.45) is 28.8 Å². The number of carboxylic acids is 1. The molecule has 0 aliphatic carbocycles. The molecule has 22 heteroatoms. The predicted octanol–water partition coefficient (Wildman–Crippen LogP) is 3.24. The third-order valence-electron chi connectivity index (χ3n) is 14.2. The summed E-state index contributed by atoms with van der Waals surface area (Å²) >= 11 is 0.